The highest BCUT2D eigenvalue weighted by atomic mass is 16.3. The topological polar surface area (TPSA) is 16.4 Å². The van der Waals surface area contributed by atoms with Gasteiger partial charge in [0, 0.05) is 27.7 Å². The summed E-state index contributed by atoms with van der Waals surface area (Å²) in [5.41, 5.74) is 9.82. The molecule has 8 rings (SSSR count). The molecule has 0 aliphatic heterocycles. The minimum atomic E-state index is 0.897. The van der Waals surface area contributed by atoms with Crippen molar-refractivity contribution in [3.63, 3.8) is 0 Å². The van der Waals surface area contributed by atoms with E-state index in [-0.39, 0.29) is 0 Å². The molecule has 0 saturated heterocycles. The molecule has 1 heterocycles. The predicted octanol–water partition coefficient (Wildman–Crippen LogP) is 11.5. The maximum Gasteiger partial charge on any atom is 0.136 e. The van der Waals surface area contributed by atoms with Gasteiger partial charge in [0.1, 0.15) is 11.2 Å². The van der Waals surface area contributed by atoms with Crippen LogP contribution in [-0.4, -0.2) is 0 Å². The van der Waals surface area contributed by atoms with Gasteiger partial charge in [-0.3, -0.25) is 0 Å². The van der Waals surface area contributed by atoms with Gasteiger partial charge in [-0.15, -0.1) is 0 Å². The lowest BCUT2D eigenvalue weighted by Crippen LogP contribution is -2.11. The number of furan rings is 1. The number of para-hydroxylation sites is 3. The zero-order valence-electron chi connectivity index (χ0n) is 22.9. The van der Waals surface area contributed by atoms with Crippen molar-refractivity contribution >= 4 is 49.8 Å². The molecule has 8 aromatic rings. The van der Waals surface area contributed by atoms with Crippen LogP contribution in [0.5, 0.6) is 0 Å². The summed E-state index contributed by atoms with van der Waals surface area (Å²) in [7, 11) is 0. The zero-order chi connectivity index (χ0) is 27.9. The first-order chi connectivity index (χ1) is 20.8. The molecule has 0 fully saturated rings. The van der Waals surface area contributed by atoms with Crippen LogP contribution >= 0.6 is 0 Å². The van der Waals surface area contributed by atoms with Crippen LogP contribution < -0.4 is 4.90 Å². The van der Waals surface area contributed by atoms with Crippen molar-refractivity contribution in [2.45, 2.75) is 0 Å². The summed E-state index contributed by atoms with van der Waals surface area (Å²) >= 11 is 0. The van der Waals surface area contributed by atoms with Gasteiger partial charge in [-0.1, -0.05) is 115 Å². The second-order valence-corrected chi connectivity index (χ2v) is 10.6. The van der Waals surface area contributed by atoms with Crippen molar-refractivity contribution in [1.82, 2.24) is 0 Å². The van der Waals surface area contributed by atoms with Gasteiger partial charge >= 0.3 is 0 Å². The molecule has 0 spiro atoms. The fraction of sp³-hybridized carbons (Fsp3) is 0. The van der Waals surface area contributed by atoms with E-state index in [9.17, 15) is 0 Å². The minimum Gasteiger partial charge on any atom is -0.456 e. The van der Waals surface area contributed by atoms with Gasteiger partial charge in [0.25, 0.3) is 0 Å². The van der Waals surface area contributed by atoms with Crippen LogP contribution in [0.3, 0.4) is 0 Å². The van der Waals surface area contributed by atoms with E-state index in [1.54, 1.807) is 0 Å². The van der Waals surface area contributed by atoms with Crippen molar-refractivity contribution in [1.29, 1.82) is 0 Å². The zero-order valence-corrected chi connectivity index (χ0v) is 22.9. The van der Waals surface area contributed by atoms with Gasteiger partial charge in [-0.05, 0) is 76.0 Å². The third-order valence-electron chi connectivity index (χ3n) is 8.08. The molecule has 0 radical (unpaired) electrons. The summed E-state index contributed by atoms with van der Waals surface area (Å²) in [6.07, 6.45) is 0. The summed E-state index contributed by atoms with van der Waals surface area (Å²) in [6, 6.07) is 58.0. The average Bonchev–Trinajstić information content (AvgIpc) is 3.44. The molecule has 0 bridgehead atoms. The van der Waals surface area contributed by atoms with Crippen LogP contribution in [-0.2, 0) is 0 Å². The van der Waals surface area contributed by atoms with E-state index in [1.165, 1.54) is 21.9 Å². The molecule has 42 heavy (non-hydrogen) atoms. The van der Waals surface area contributed by atoms with Crippen molar-refractivity contribution in [2.24, 2.45) is 0 Å². The molecule has 198 valence electrons. The maximum absolute atomic E-state index is 6.26. The average molecular weight is 538 g/mol. The summed E-state index contributed by atoms with van der Waals surface area (Å²) in [5.74, 6) is 0. The lowest BCUT2D eigenvalue weighted by Gasteiger charge is -2.28. The van der Waals surface area contributed by atoms with E-state index in [0.29, 0.717) is 0 Å². The summed E-state index contributed by atoms with van der Waals surface area (Å²) < 4.78 is 6.26. The molecule has 0 N–H and O–H groups in total. The Balaban J connectivity index is 1.26. The molecule has 0 unspecified atom stereocenters. The molecular formula is C40H27NO. The van der Waals surface area contributed by atoms with E-state index in [0.717, 1.165) is 50.1 Å². The number of hydrogen-bond donors (Lipinski definition) is 0. The van der Waals surface area contributed by atoms with Crippen LogP contribution in [0.1, 0.15) is 0 Å². The maximum atomic E-state index is 6.26. The summed E-state index contributed by atoms with van der Waals surface area (Å²) in [4.78, 5) is 2.34. The Bertz CT molecular complexity index is 2190. The fourth-order valence-electron chi connectivity index (χ4n) is 6.08. The normalized spacial score (nSPS) is 11.3. The van der Waals surface area contributed by atoms with Gasteiger partial charge in [0.2, 0.25) is 0 Å². The van der Waals surface area contributed by atoms with Crippen LogP contribution in [0.15, 0.2) is 168 Å². The largest absolute Gasteiger partial charge is 0.456 e. The Kier molecular flexibility index (Phi) is 5.82. The molecule has 0 amide bonds. The van der Waals surface area contributed by atoms with Crippen LogP contribution in [0.25, 0.3) is 55.0 Å². The van der Waals surface area contributed by atoms with E-state index >= 15 is 0 Å². The number of benzene rings is 7. The second kappa shape index (κ2) is 10.1. The SMILES string of the molecule is c1ccc(N(c2ccc(-c3cccc4ccccc34)cc2)c2ccccc2-c2ccc3c(c2)oc2ccccc23)cc1. The third-order valence-corrected chi connectivity index (χ3v) is 8.08. The quantitative estimate of drug-likeness (QED) is 0.217. The van der Waals surface area contributed by atoms with Gasteiger partial charge in [-0.25, -0.2) is 0 Å². The van der Waals surface area contributed by atoms with Gasteiger partial charge in [0.05, 0.1) is 5.69 Å². The number of hydrogen-bond acceptors (Lipinski definition) is 2. The first-order valence-electron chi connectivity index (χ1n) is 14.3. The highest BCUT2D eigenvalue weighted by molar-refractivity contribution is 6.06. The molecule has 1 aromatic heterocycles. The Labute approximate surface area is 244 Å². The summed E-state index contributed by atoms with van der Waals surface area (Å²) in [6.45, 7) is 0. The smallest absolute Gasteiger partial charge is 0.136 e. The summed E-state index contributed by atoms with van der Waals surface area (Å²) in [5, 5.41) is 4.79. The van der Waals surface area contributed by atoms with Crippen molar-refractivity contribution < 1.29 is 4.42 Å². The van der Waals surface area contributed by atoms with Crippen molar-refractivity contribution in [3.05, 3.63) is 164 Å². The van der Waals surface area contributed by atoms with Crippen LogP contribution in [0.4, 0.5) is 17.1 Å². The first kappa shape index (κ1) is 24.2. The second-order valence-electron chi connectivity index (χ2n) is 10.6. The molecule has 2 nitrogen and oxygen atoms in total. The Morgan fingerprint density at radius 1 is 0.381 bits per heavy atom. The van der Waals surface area contributed by atoms with E-state index in [4.69, 9.17) is 4.42 Å². The highest BCUT2D eigenvalue weighted by Gasteiger charge is 2.18. The highest BCUT2D eigenvalue weighted by Crippen LogP contribution is 2.42. The first-order valence-corrected chi connectivity index (χ1v) is 14.3. The van der Waals surface area contributed by atoms with Crippen molar-refractivity contribution in [3.8, 4) is 22.3 Å². The molecule has 0 saturated carbocycles. The molecular weight excluding hydrogens is 510 g/mol. The number of anilines is 3. The van der Waals surface area contributed by atoms with E-state index in [2.05, 4.69) is 157 Å². The van der Waals surface area contributed by atoms with E-state index in [1.807, 2.05) is 12.1 Å². The Morgan fingerprint density at radius 2 is 1.00 bits per heavy atom. The molecule has 0 aliphatic carbocycles. The minimum absolute atomic E-state index is 0.897. The van der Waals surface area contributed by atoms with Crippen LogP contribution in [0, 0.1) is 0 Å². The monoisotopic (exact) mass is 537 g/mol. The van der Waals surface area contributed by atoms with Crippen LogP contribution in [0.2, 0.25) is 0 Å². The van der Waals surface area contributed by atoms with Crippen molar-refractivity contribution in [2.75, 3.05) is 4.90 Å². The number of rotatable bonds is 5. The van der Waals surface area contributed by atoms with Gasteiger partial charge in [0.15, 0.2) is 0 Å². The lowest BCUT2D eigenvalue weighted by atomic mass is 9.97. The molecule has 7 aromatic carbocycles. The van der Waals surface area contributed by atoms with Gasteiger partial charge < -0.3 is 9.32 Å². The standard InChI is InChI=1S/C40H27NO/c1-2-13-31(14-3-1)41(32-24-21-29(22-25-32)34-18-10-12-28-11-4-5-15-33(28)34)38-19-8-6-16-35(38)30-23-26-37-36-17-7-9-20-39(36)42-40(37)27-30/h1-27H. The Morgan fingerprint density at radius 3 is 1.88 bits per heavy atom. The number of nitrogens with zero attached hydrogens (tertiary/aromatic N) is 1. The lowest BCUT2D eigenvalue weighted by molar-refractivity contribution is 0.669. The predicted molar refractivity (Wildman–Crippen MR) is 177 cm³/mol. The Hall–Kier alpha value is -5.60. The fourth-order valence-corrected chi connectivity index (χ4v) is 6.08. The molecule has 0 aliphatic rings. The molecule has 0 atom stereocenters. The van der Waals surface area contributed by atoms with E-state index < -0.39 is 0 Å². The van der Waals surface area contributed by atoms with Gasteiger partial charge in [-0.2, -0.15) is 0 Å². The molecule has 2 heteroatoms. The number of fused-ring (bicyclic) bond motifs is 4. The third kappa shape index (κ3) is 4.13.